The normalized spacial score (nSPS) is 10.5. The molecule has 2 aromatic rings. The molecule has 6 nitrogen and oxygen atoms in total. The minimum atomic E-state index is -0.360. The predicted octanol–water partition coefficient (Wildman–Crippen LogP) is 2.56. The number of rotatable bonds is 6. The second-order valence-electron chi connectivity index (χ2n) is 4.59. The molecule has 0 saturated heterocycles. The second kappa shape index (κ2) is 7.84. The maximum atomic E-state index is 12.1. The minimum absolute atomic E-state index is 0.174. The van der Waals surface area contributed by atoms with Gasteiger partial charge in [0, 0.05) is 5.56 Å². The Morgan fingerprint density at radius 3 is 2.61 bits per heavy atom. The van der Waals surface area contributed by atoms with Gasteiger partial charge < -0.3 is 14.6 Å². The van der Waals surface area contributed by atoms with Crippen LogP contribution < -0.4 is 14.9 Å². The lowest BCUT2D eigenvalue weighted by Gasteiger charge is -2.10. The van der Waals surface area contributed by atoms with E-state index in [2.05, 4.69) is 10.5 Å². The summed E-state index contributed by atoms with van der Waals surface area (Å²) in [6.07, 6.45) is 1.49. The van der Waals surface area contributed by atoms with Crippen LogP contribution in [0.15, 0.2) is 47.6 Å². The van der Waals surface area contributed by atoms with Crippen molar-refractivity contribution in [1.82, 2.24) is 5.43 Å². The number of benzene rings is 2. The Labute approximate surface area is 134 Å². The Morgan fingerprint density at radius 1 is 1.22 bits per heavy atom. The number of hydrogen-bond acceptors (Lipinski definition) is 5. The van der Waals surface area contributed by atoms with Gasteiger partial charge in [-0.15, -0.1) is 0 Å². The molecular weight excluding hydrogens is 296 g/mol. The maximum absolute atomic E-state index is 12.1. The molecule has 1 amide bonds. The average molecular weight is 314 g/mol. The Morgan fingerprint density at radius 2 is 1.96 bits per heavy atom. The molecule has 0 heterocycles. The van der Waals surface area contributed by atoms with E-state index in [-0.39, 0.29) is 11.7 Å². The molecule has 23 heavy (non-hydrogen) atoms. The number of phenolic OH excluding ortho intramolecular Hbond substituents is 1. The van der Waals surface area contributed by atoms with Crippen LogP contribution in [-0.4, -0.2) is 30.9 Å². The number of phenols is 1. The lowest BCUT2D eigenvalue weighted by atomic mass is 10.2. The first kappa shape index (κ1) is 16.4. The number of methoxy groups -OCH3 is 1. The largest absolute Gasteiger partial charge is 0.508 e. The SMILES string of the molecule is CCOc1ccc(C(=O)N/N=C/c2ccc(O)cc2)cc1OC. The van der Waals surface area contributed by atoms with Gasteiger partial charge in [0.05, 0.1) is 19.9 Å². The topological polar surface area (TPSA) is 80.2 Å². The van der Waals surface area contributed by atoms with E-state index >= 15 is 0 Å². The molecule has 0 aromatic heterocycles. The summed E-state index contributed by atoms with van der Waals surface area (Å²) in [5, 5.41) is 13.1. The van der Waals surface area contributed by atoms with Crippen LogP contribution in [0.4, 0.5) is 0 Å². The molecule has 0 atom stereocenters. The summed E-state index contributed by atoms with van der Waals surface area (Å²) in [4.78, 5) is 12.1. The fourth-order valence-electron chi connectivity index (χ4n) is 1.87. The van der Waals surface area contributed by atoms with E-state index in [1.54, 1.807) is 42.5 Å². The van der Waals surface area contributed by atoms with Crippen molar-refractivity contribution in [3.05, 3.63) is 53.6 Å². The Hall–Kier alpha value is -3.02. The summed E-state index contributed by atoms with van der Waals surface area (Å²) in [6, 6.07) is 11.4. The summed E-state index contributed by atoms with van der Waals surface area (Å²) < 4.78 is 10.6. The summed E-state index contributed by atoms with van der Waals surface area (Å²) >= 11 is 0. The Bertz CT molecular complexity index is 696. The number of hydrogen-bond donors (Lipinski definition) is 2. The highest BCUT2D eigenvalue weighted by molar-refractivity contribution is 5.95. The Kier molecular flexibility index (Phi) is 5.57. The molecule has 0 aliphatic carbocycles. The smallest absolute Gasteiger partial charge is 0.271 e. The summed E-state index contributed by atoms with van der Waals surface area (Å²) in [7, 11) is 1.52. The van der Waals surface area contributed by atoms with Gasteiger partial charge in [-0.3, -0.25) is 4.79 Å². The number of aromatic hydroxyl groups is 1. The quantitative estimate of drug-likeness (QED) is 0.634. The van der Waals surface area contributed by atoms with Gasteiger partial charge in [0.2, 0.25) is 0 Å². The van der Waals surface area contributed by atoms with Crippen LogP contribution in [0.3, 0.4) is 0 Å². The molecule has 120 valence electrons. The second-order valence-corrected chi connectivity index (χ2v) is 4.59. The number of carbonyl (C=O) groups is 1. The average Bonchev–Trinajstić information content (AvgIpc) is 2.57. The van der Waals surface area contributed by atoms with Crippen molar-refractivity contribution < 1.29 is 19.4 Å². The van der Waals surface area contributed by atoms with Crippen LogP contribution in [0.2, 0.25) is 0 Å². The van der Waals surface area contributed by atoms with E-state index in [1.807, 2.05) is 6.92 Å². The molecule has 0 saturated carbocycles. The number of amides is 1. The van der Waals surface area contributed by atoms with Crippen molar-refractivity contribution >= 4 is 12.1 Å². The first-order valence-corrected chi connectivity index (χ1v) is 7.07. The van der Waals surface area contributed by atoms with Crippen LogP contribution in [0.1, 0.15) is 22.8 Å². The van der Waals surface area contributed by atoms with E-state index in [4.69, 9.17) is 9.47 Å². The van der Waals surface area contributed by atoms with E-state index in [0.717, 1.165) is 5.56 Å². The molecule has 0 unspecified atom stereocenters. The molecule has 0 aliphatic heterocycles. The standard InChI is InChI=1S/C17H18N2O4/c1-3-23-15-9-6-13(10-16(15)22-2)17(21)19-18-11-12-4-7-14(20)8-5-12/h4-11,20H,3H2,1-2H3,(H,19,21)/b18-11+. The zero-order chi connectivity index (χ0) is 16.7. The monoisotopic (exact) mass is 314 g/mol. The van der Waals surface area contributed by atoms with Crippen molar-refractivity contribution in [1.29, 1.82) is 0 Å². The number of carbonyl (C=O) groups excluding carboxylic acids is 1. The predicted molar refractivity (Wildman–Crippen MR) is 87.3 cm³/mol. The molecule has 0 bridgehead atoms. The van der Waals surface area contributed by atoms with Crippen LogP contribution in [0.5, 0.6) is 17.2 Å². The van der Waals surface area contributed by atoms with Gasteiger partial charge in [0.25, 0.3) is 5.91 Å². The van der Waals surface area contributed by atoms with Crippen molar-refractivity contribution in [3.8, 4) is 17.2 Å². The first-order valence-electron chi connectivity index (χ1n) is 7.07. The molecule has 0 spiro atoms. The first-order chi connectivity index (χ1) is 11.1. The zero-order valence-corrected chi connectivity index (χ0v) is 12.9. The van der Waals surface area contributed by atoms with Gasteiger partial charge in [-0.25, -0.2) is 5.43 Å². The van der Waals surface area contributed by atoms with Crippen LogP contribution in [0.25, 0.3) is 0 Å². The third-order valence-electron chi connectivity index (χ3n) is 3.00. The number of ether oxygens (including phenoxy) is 2. The van der Waals surface area contributed by atoms with Gasteiger partial charge in [0.15, 0.2) is 11.5 Å². The van der Waals surface area contributed by atoms with Crippen molar-refractivity contribution in [2.45, 2.75) is 6.92 Å². The molecule has 6 heteroatoms. The molecule has 0 radical (unpaired) electrons. The van der Waals surface area contributed by atoms with E-state index in [9.17, 15) is 9.90 Å². The van der Waals surface area contributed by atoms with Crippen LogP contribution in [0, 0.1) is 0 Å². The third kappa shape index (κ3) is 4.47. The number of nitrogens with zero attached hydrogens (tertiary/aromatic N) is 1. The van der Waals surface area contributed by atoms with Gasteiger partial charge >= 0.3 is 0 Å². The lowest BCUT2D eigenvalue weighted by molar-refractivity contribution is 0.0954. The zero-order valence-electron chi connectivity index (χ0n) is 12.9. The van der Waals surface area contributed by atoms with Gasteiger partial charge in [-0.2, -0.15) is 5.10 Å². The van der Waals surface area contributed by atoms with Gasteiger partial charge in [-0.1, -0.05) is 0 Å². The van der Waals surface area contributed by atoms with E-state index in [0.29, 0.717) is 23.7 Å². The van der Waals surface area contributed by atoms with E-state index < -0.39 is 0 Å². The Balaban J connectivity index is 2.04. The van der Waals surface area contributed by atoms with Crippen molar-refractivity contribution in [2.75, 3.05) is 13.7 Å². The molecule has 2 aromatic carbocycles. The highest BCUT2D eigenvalue weighted by Crippen LogP contribution is 2.27. The molecule has 0 aliphatic rings. The molecule has 2 N–H and O–H groups in total. The van der Waals surface area contributed by atoms with Crippen LogP contribution >= 0.6 is 0 Å². The molecular formula is C17H18N2O4. The van der Waals surface area contributed by atoms with Crippen molar-refractivity contribution in [3.63, 3.8) is 0 Å². The molecule has 0 fully saturated rings. The van der Waals surface area contributed by atoms with Crippen LogP contribution in [-0.2, 0) is 0 Å². The minimum Gasteiger partial charge on any atom is -0.508 e. The highest BCUT2D eigenvalue weighted by Gasteiger charge is 2.10. The van der Waals surface area contributed by atoms with Gasteiger partial charge in [-0.05, 0) is 55.0 Å². The fraction of sp³-hybridized carbons (Fsp3) is 0.176. The lowest BCUT2D eigenvalue weighted by Crippen LogP contribution is -2.17. The highest BCUT2D eigenvalue weighted by atomic mass is 16.5. The summed E-state index contributed by atoms with van der Waals surface area (Å²) in [5.41, 5.74) is 3.60. The number of nitrogens with one attached hydrogen (secondary N) is 1. The van der Waals surface area contributed by atoms with Gasteiger partial charge in [0.1, 0.15) is 5.75 Å². The van der Waals surface area contributed by atoms with Crippen molar-refractivity contribution in [2.24, 2.45) is 5.10 Å². The summed E-state index contributed by atoms with van der Waals surface area (Å²) in [5.74, 6) is 0.884. The third-order valence-corrected chi connectivity index (χ3v) is 3.00. The summed E-state index contributed by atoms with van der Waals surface area (Å²) in [6.45, 7) is 2.39. The van der Waals surface area contributed by atoms with E-state index in [1.165, 1.54) is 13.3 Å². The number of hydrazone groups is 1. The fourth-order valence-corrected chi connectivity index (χ4v) is 1.87. The molecule has 2 rings (SSSR count). The maximum Gasteiger partial charge on any atom is 0.271 e.